The Labute approximate surface area is 240 Å². The summed E-state index contributed by atoms with van der Waals surface area (Å²) in [5.74, 6) is 1.73. The molecule has 0 amide bonds. The third-order valence-electron chi connectivity index (χ3n) is 7.40. The normalized spacial score (nSPS) is 11.7. The molecule has 3 nitrogen and oxygen atoms in total. The Hall–Kier alpha value is -1.16. The Kier molecular flexibility index (Phi) is 19.9. The molecule has 0 aromatic heterocycles. The van der Waals surface area contributed by atoms with E-state index >= 15 is 0 Å². The molecular formula is C34H60O3S. The number of thioether (sulfide) groups is 1. The molecule has 1 aromatic carbocycles. The highest BCUT2D eigenvalue weighted by atomic mass is 32.2. The van der Waals surface area contributed by atoms with Gasteiger partial charge in [0.25, 0.3) is 0 Å². The largest absolute Gasteiger partial charge is 0.507 e. The molecule has 0 unspecified atom stereocenters. The zero-order valence-corrected chi connectivity index (χ0v) is 26.5. The number of unbranched alkanes of at least 4 members (excludes halogenated alkanes) is 15. The van der Waals surface area contributed by atoms with Crippen LogP contribution in [0.2, 0.25) is 0 Å². The van der Waals surface area contributed by atoms with Gasteiger partial charge in [0.1, 0.15) is 5.75 Å². The minimum atomic E-state index is -0.0774. The Bertz CT molecular complexity index is 738. The summed E-state index contributed by atoms with van der Waals surface area (Å²) in [4.78, 5) is 12.0. The number of ether oxygens (including phenoxy) is 1. The van der Waals surface area contributed by atoms with Crippen LogP contribution in [0.15, 0.2) is 12.1 Å². The van der Waals surface area contributed by atoms with Crippen LogP contribution in [0.4, 0.5) is 0 Å². The van der Waals surface area contributed by atoms with Gasteiger partial charge < -0.3 is 9.84 Å². The number of aryl methyl sites for hydroxylation is 2. The molecule has 1 N–H and O–H groups in total. The van der Waals surface area contributed by atoms with E-state index in [0.717, 1.165) is 36.1 Å². The molecule has 0 heterocycles. The lowest BCUT2D eigenvalue weighted by Crippen LogP contribution is -2.12. The molecule has 0 saturated heterocycles. The van der Waals surface area contributed by atoms with Crippen LogP contribution in [-0.4, -0.2) is 29.2 Å². The van der Waals surface area contributed by atoms with Crippen LogP contribution < -0.4 is 0 Å². The summed E-state index contributed by atoms with van der Waals surface area (Å²) in [7, 11) is 0. The SMILES string of the molecule is CCCCCCCCCCCCCCCCCCOC(=O)CSCCCc1cc(C)c(O)c(C(C)(C)C)c1. The van der Waals surface area contributed by atoms with Gasteiger partial charge in [0.2, 0.25) is 0 Å². The number of phenols is 1. The third-order valence-corrected chi connectivity index (χ3v) is 8.42. The standard InChI is InChI=1S/C34H60O3S/c1-6-7-8-9-10-11-12-13-14-15-16-17-18-19-20-21-24-37-32(35)28-38-25-22-23-30-26-29(2)33(36)31(27-30)34(3,4)5/h26-27,36H,6-25,28H2,1-5H3. The molecule has 0 spiro atoms. The lowest BCUT2D eigenvalue weighted by atomic mass is 9.84. The zero-order valence-electron chi connectivity index (χ0n) is 25.7. The minimum absolute atomic E-state index is 0.0736. The number of benzene rings is 1. The van der Waals surface area contributed by atoms with Crippen molar-refractivity contribution in [3.63, 3.8) is 0 Å². The van der Waals surface area contributed by atoms with E-state index in [-0.39, 0.29) is 11.4 Å². The molecule has 1 aromatic rings. The summed E-state index contributed by atoms with van der Waals surface area (Å²) in [5, 5.41) is 10.4. The number of rotatable bonds is 23. The first kappa shape index (κ1) is 34.9. The maximum absolute atomic E-state index is 12.0. The van der Waals surface area contributed by atoms with Crippen LogP contribution in [0.1, 0.15) is 154 Å². The molecule has 1 rings (SSSR count). The average Bonchev–Trinajstić information content (AvgIpc) is 2.87. The van der Waals surface area contributed by atoms with Gasteiger partial charge >= 0.3 is 5.97 Å². The number of aromatic hydroxyl groups is 1. The van der Waals surface area contributed by atoms with Gasteiger partial charge in [-0.1, -0.05) is 136 Å². The van der Waals surface area contributed by atoms with Gasteiger partial charge in [-0.2, -0.15) is 11.8 Å². The van der Waals surface area contributed by atoms with E-state index in [9.17, 15) is 9.90 Å². The Morgan fingerprint density at radius 1 is 0.789 bits per heavy atom. The number of hydrogen-bond donors (Lipinski definition) is 1. The Morgan fingerprint density at radius 3 is 1.79 bits per heavy atom. The van der Waals surface area contributed by atoms with Gasteiger partial charge in [-0.3, -0.25) is 4.79 Å². The number of hydrogen-bond acceptors (Lipinski definition) is 4. The highest BCUT2D eigenvalue weighted by Crippen LogP contribution is 2.34. The van der Waals surface area contributed by atoms with Crippen LogP contribution in [0, 0.1) is 6.92 Å². The lowest BCUT2D eigenvalue weighted by molar-refractivity contribution is -0.140. The summed E-state index contributed by atoms with van der Waals surface area (Å²) in [5.41, 5.74) is 3.14. The second-order valence-electron chi connectivity index (χ2n) is 12.2. The van der Waals surface area contributed by atoms with Gasteiger partial charge in [-0.25, -0.2) is 0 Å². The summed E-state index contributed by atoms with van der Waals surface area (Å²) in [6.07, 6.45) is 23.6. The van der Waals surface area contributed by atoms with Crippen molar-refractivity contribution >= 4 is 17.7 Å². The van der Waals surface area contributed by atoms with E-state index in [1.165, 1.54) is 102 Å². The van der Waals surface area contributed by atoms with Gasteiger partial charge in [0.15, 0.2) is 0 Å². The second kappa shape index (κ2) is 21.6. The van der Waals surface area contributed by atoms with E-state index in [2.05, 4.69) is 39.8 Å². The van der Waals surface area contributed by atoms with E-state index in [4.69, 9.17) is 4.74 Å². The molecule has 0 aliphatic carbocycles. The summed E-state index contributed by atoms with van der Waals surface area (Å²) >= 11 is 1.66. The van der Waals surface area contributed by atoms with Crippen LogP contribution >= 0.6 is 11.8 Å². The van der Waals surface area contributed by atoms with Crippen molar-refractivity contribution in [1.82, 2.24) is 0 Å². The summed E-state index contributed by atoms with van der Waals surface area (Å²) in [6.45, 7) is 11.2. The monoisotopic (exact) mass is 548 g/mol. The molecule has 38 heavy (non-hydrogen) atoms. The lowest BCUT2D eigenvalue weighted by Gasteiger charge is -2.22. The summed E-state index contributed by atoms with van der Waals surface area (Å²) < 4.78 is 5.42. The molecule has 0 fully saturated rings. The van der Waals surface area contributed by atoms with Crippen LogP contribution in [0.5, 0.6) is 5.75 Å². The fraction of sp³-hybridized carbons (Fsp3) is 0.794. The summed E-state index contributed by atoms with van der Waals surface area (Å²) in [6, 6.07) is 4.22. The highest BCUT2D eigenvalue weighted by Gasteiger charge is 2.20. The van der Waals surface area contributed by atoms with Crippen molar-refractivity contribution in [3.8, 4) is 5.75 Å². The first-order valence-corrected chi connectivity index (χ1v) is 17.0. The van der Waals surface area contributed by atoms with Crippen molar-refractivity contribution in [1.29, 1.82) is 0 Å². The van der Waals surface area contributed by atoms with Crippen molar-refractivity contribution in [3.05, 3.63) is 28.8 Å². The maximum atomic E-state index is 12.0. The zero-order chi connectivity index (χ0) is 28.1. The predicted octanol–water partition coefficient (Wildman–Crippen LogP) is 10.5. The molecule has 0 saturated carbocycles. The first-order valence-electron chi connectivity index (χ1n) is 15.8. The quantitative estimate of drug-likeness (QED) is 0.109. The number of esters is 1. The first-order chi connectivity index (χ1) is 18.3. The van der Waals surface area contributed by atoms with E-state index in [0.29, 0.717) is 18.1 Å². The van der Waals surface area contributed by atoms with Crippen LogP contribution in [-0.2, 0) is 21.4 Å². The molecule has 0 radical (unpaired) electrons. The number of carbonyl (C=O) groups is 1. The average molecular weight is 549 g/mol. The van der Waals surface area contributed by atoms with Crippen molar-refractivity contribution in [2.75, 3.05) is 18.1 Å². The highest BCUT2D eigenvalue weighted by molar-refractivity contribution is 7.99. The van der Waals surface area contributed by atoms with Gasteiger partial charge in [-0.05, 0) is 54.0 Å². The smallest absolute Gasteiger partial charge is 0.315 e. The van der Waals surface area contributed by atoms with Gasteiger partial charge in [-0.15, -0.1) is 0 Å². The van der Waals surface area contributed by atoms with E-state index in [1.54, 1.807) is 11.8 Å². The third kappa shape index (κ3) is 17.4. The molecule has 0 aliphatic heterocycles. The number of carbonyl (C=O) groups excluding carboxylic acids is 1. The van der Waals surface area contributed by atoms with Crippen LogP contribution in [0.25, 0.3) is 0 Å². The van der Waals surface area contributed by atoms with Gasteiger partial charge in [0.05, 0.1) is 12.4 Å². The van der Waals surface area contributed by atoms with Gasteiger partial charge in [0, 0.05) is 0 Å². The topological polar surface area (TPSA) is 46.5 Å². The molecule has 220 valence electrons. The minimum Gasteiger partial charge on any atom is -0.507 e. The molecule has 0 atom stereocenters. The fourth-order valence-corrected chi connectivity index (χ4v) is 5.72. The van der Waals surface area contributed by atoms with E-state index < -0.39 is 0 Å². The number of phenolic OH excluding ortho intramolecular Hbond substituents is 1. The second-order valence-corrected chi connectivity index (χ2v) is 13.3. The Morgan fingerprint density at radius 2 is 1.29 bits per heavy atom. The van der Waals surface area contributed by atoms with Crippen molar-refractivity contribution in [2.45, 2.75) is 156 Å². The Balaban J connectivity index is 1.92. The fourth-order valence-electron chi connectivity index (χ4n) is 4.98. The maximum Gasteiger partial charge on any atom is 0.315 e. The molecule has 4 heteroatoms. The van der Waals surface area contributed by atoms with Crippen LogP contribution in [0.3, 0.4) is 0 Å². The molecule has 0 aliphatic rings. The van der Waals surface area contributed by atoms with Crippen molar-refractivity contribution < 1.29 is 14.6 Å². The predicted molar refractivity (Wildman–Crippen MR) is 168 cm³/mol. The molecular weight excluding hydrogens is 488 g/mol. The van der Waals surface area contributed by atoms with E-state index in [1.807, 2.05) is 6.92 Å². The molecule has 0 bridgehead atoms. The van der Waals surface area contributed by atoms with Crippen molar-refractivity contribution in [2.24, 2.45) is 0 Å².